The van der Waals surface area contributed by atoms with Gasteiger partial charge in [-0.2, -0.15) is 0 Å². The van der Waals surface area contributed by atoms with Gasteiger partial charge in [0.2, 0.25) is 0 Å². The number of β-amino-alcohol motifs (C(OH)–C–C–N with tert-alkyl or cyclic N) is 1. The van der Waals surface area contributed by atoms with Gasteiger partial charge in [-0.3, -0.25) is 4.90 Å². The standard InChI is InChI=1S/C16H21NO4/c18-14-10-16(6-8-20-9-7-16)17(11-14)15(19)21-12-13-4-2-1-3-5-13/h1-5,14,18H,6-12H2. The Bertz CT molecular complexity index is 484. The molecule has 21 heavy (non-hydrogen) atoms. The number of hydrogen-bond donors (Lipinski definition) is 1. The summed E-state index contributed by atoms with van der Waals surface area (Å²) in [5.41, 5.74) is 0.678. The lowest BCUT2D eigenvalue weighted by Crippen LogP contribution is -2.50. The van der Waals surface area contributed by atoms with Crippen LogP contribution in [0.1, 0.15) is 24.8 Å². The molecule has 0 radical (unpaired) electrons. The van der Waals surface area contributed by atoms with Crippen molar-refractivity contribution in [1.82, 2.24) is 4.90 Å². The van der Waals surface area contributed by atoms with Crippen LogP contribution in [0.4, 0.5) is 4.79 Å². The highest BCUT2D eigenvalue weighted by Crippen LogP contribution is 2.38. The smallest absolute Gasteiger partial charge is 0.410 e. The van der Waals surface area contributed by atoms with Crippen LogP contribution in [0, 0.1) is 0 Å². The molecule has 3 rings (SSSR count). The second-order valence-electron chi connectivity index (χ2n) is 5.85. The number of aliphatic hydroxyl groups is 1. The number of carbonyl (C=O) groups excluding carboxylic acids is 1. The molecule has 1 spiro atoms. The van der Waals surface area contributed by atoms with E-state index in [2.05, 4.69) is 0 Å². The molecule has 1 amide bonds. The Labute approximate surface area is 124 Å². The molecule has 1 aromatic rings. The van der Waals surface area contributed by atoms with E-state index < -0.39 is 6.10 Å². The average Bonchev–Trinajstić information content (AvgIpc) is 2.82. The fourth-order valence-corrected chi connectivity index (χ4v) is 3.31. The number of amides is 1. The van der Waals surface area contributed by atoms with Gasteiger partial charge in [0.1, 0.15) is 6.61 Å². The van der Waals surface area contributed by atoms with E-state index in [0.717, 1.165) is 18.4 Å². The van der Waals surface area contributed by atoms with Crippen LogP contribution in [0.25, 0.3) is 0 Å². The van der Waals surface area contributed by atoms with Crippen LogP contribution in [0.15, 0.2) is 30.3 Å². The highest BCUT2D eigenvalue weighted by molar-refractivity contribution is 5.69. The zero-order chi connectivity index (χ0) is 14.7. The van der Waals surface area contributed by atoms with Crippen LogP contribution in [0.3, 0.4) is 0 Å². The van der Waals surface area contributed by atoms with Crippen molar-refractivity contribution in [2.24, 2.45) is 0 Å². The number of ether oxygens (including phenoxy) is 2. The summed E-state index contributed by atoms with van der Waals surface area (Å²) >= 11 is 0. The molecule has 0 aromatic heterocycles. The van der Waals surface area contributed by atoms with Gasteiger partial charge in [0, 0.05) is 13.2 Å². The van der Waals surface area contributed by atoms with E-state index in [1.807, 2.05) is 30.3 Å². The summed E-state index contributed by atoms with van der Waals surface area (Å²) in [7, 11) is 0. The van der Waals surface area contributed by atoms with E-state index >= 15 is 0 Å². The van der Waals surface area contributed by atoms with E-state index in [0.29, 0.717) is 26.2 Å². The van der Waals surface area contributed by atoms with Crippen molar-refractivity contribution < 1.29 is 19.4 Å². The lowest BCUT2D eigenvalue weighted by molar-refractivity contribution is -0.0104. The summed E-state index contributed by atoms with van der Waals surface area (Å²) in [6.45, 7) is 1.89. The van der Waals surface area contributed by atoms with E-state index in [1.54, 1.807) is 4.90 Å². The lowest BCUT2D eigenvalue weighted by atomic mass is 9.87. The zero-order valence-electron chi connectivity index (χ0n) is 12.0. The third-order valence-corrected chi connectivity index (χ3v) is 4.43. The molecule has 2 saturated heterocycles. The SMILES string of the molecule is O=C(OCc1ccccc1)N1CC(O)CC12CCOCC2. The Morgan fingerprint density at radius 2 is 2.05 bits per heavy atom. The maximum Gasteiger partial charge on any atom is 0.410 e. The average molecular weight is 291 g/mol. The van der Waals surface area contributed by atoms with Crippen molar-refractivity contribution in [3.8, 4) is 0 Å². The first-order valence-corrected chi connectivity index (χ1v) is 7.44. The Kier molecular flexibility index (Phi) is 4.12. The van der Waals surface area contributed by atoms with Gasteiger partial charge in [0.25, 0.3) is 0 Å². The minimum atomic E-state index is -0.465. The van der Waals surface area contributed by atoms with Gasteiger partial charge in [-0.15, -0.1) is 0 Å². The summed E-state index contributed by atoms with van der Waals surface area (Å²) < 4.78 is 10.8. The summed E-state index contributed by atoms with van der Waals surface area (Å²) in [5, 5.41) is 9.96. The molecular formula is C16H21NO4. The van der Waals surface area contributed by atoms with Crippen LogP contribution in [-0.2, 0) is 16.1 Å². The van der Waals surface area contributed by atoms with E-state index in [9.17, 15) is 9.90 Å². The molecule has 1 N–H and O–H groups in total. The monoisotopic (exact) mass is 291 g/mol. The molecule has 0 bridgehead atoms. The van der Waals surface area contributed by atoms with Gasteiger partial charge in [0.15, 0.2) is 0 Å². The van der Waals surface area contributed by atoms with Crippen molar-refractivity contribution in [1.29, 1.82) is 0 Å². The summed E-state index contributed by atoms with van der Waals surface area (Å²) in [6.07, 6.45) is 1.36. The third kappa shape index (κ3) is 3.04. The Balaban J connectivity index is 1.65. The lowest BCUT2D eigenvalue weighted by Gasteiger charge is -2.40. The zero-order valence-corrected chi connectivity index (χ0v) is 12.0. The molecule has 2 aliphatic rings. The Morgan fingerprint density at radius 3 is 2.76 bits per heavy atom. The fraction of sp³-hybridized carbons (Fsp3) is 0.562. The second kappa shape index (κ2) is 6.03. The molecular weight excluding hydrogens is 270 g/mol. The van der Waals surface area contributed by atoms with E-state index in [1.165, 1.54) is 0 Å². The van der Waals surface area contributed by atoms with Crippen molar-refractivity contribution in [2.75, 3.05) is 19.8 Å². The number of likely N-dealkylation sites (tertiary alicyclic amines) is 1. The van der Waals surface area contributed by atoms with Gasteiger partial charge < -0.3 is 14.6 Å². The van der Waals surface area contributed by atoms with Crippen LogP contribution >= 0.6 is 0 Å². The Morgan fingerprint density at radius 1 is 1.33 bits per heavy atom. The molecule has 1 aromatic carbocycles. The van der Waals surface area contributed by atoms with Gasteiger partial charge in [-0.25, -0.2) is 4.79 Å². The van der Waals surface area contributed by atoms with E-state index in [-0.39, 0.29) is 18.2 Å². The van der Waals surface area contributed by atoms with Gasteiger partial charge >= 0.3 is 6.09 Å². The molecule has 5 nitrogen and oxygen atoms in total. The van der Waals surface area contributed by atoms with Gasteiger partial charge in [0.05, 0.1) is 18.2 Å². The van der Waals surface area contributed by atoms with Crippen molar-refractivity contribution >= 4 is 6.09 Å². The largest absolute Gasteiger partial charge is 0.445 e. The quantitative estimate of drug-likeness (QED) is 0.904. The minimum absolute atomic E-state index is 0.263. The number of carbonyl (C=O) groups is 1. The predicted molar refractivity (Wildman–Crippen MR) is 76.7 cm³/mol. The summed E-state index contributed by atoms with van der Waals surface area (Å²) in [4.78, 5) is 14.1. The van der Waals surface area contributed by atoms with E-state index in [4.69, 9.17) is 9.47 Å². The second-order valence-corrected chi connectivity index (χ2v) is 5.85. The fourth-order valence-electron chi connectivity index (χ4n) is 3.31. The van der Waals surface area contributed by atoms with Gasteiger partial charge in [-0.1, -0.05) is 30.3 Å². The first-order valence-electron chi connectivity index (χ1n) is 7.44. The normalized spacial score (nSPS) is 24.2. The number of rotatable bonds is 2. The number of hydrogen-bond acceptors (Lipinski definition) is 4. The minimum Gasteiger partial charge on any atom is -0.445 e. The third-order valence-electron chi connectivity index (χ3n) is 4.43. The molecule has 0 aliphatic carbocycles. The topological polar surface area (TPSA) is 59.0 Å². The van der Waals surface area contributed by atoms with Crippen LogP contribution in [-0.4, -0.2) is 47.5 Å². The first kappa shape index (κ1) is 14.4. The molecule has 2 aliphatic heterocycles. The van der Waals surface area contributed by atoms with Crippen LogP contribution < -0.4 is 0 Å². The summed E-state index contributed by atoms with van der Waals surface area (Å²) in [6, 6.07) is 9.62. The van der Waals surface area contributed by atoms with Crippen molar-refractivity contribution in [3.05, 3.63) is 35.9 Å². The molecule has 0 saturated carbocycles. The highest BCUT2D eigenvalue weighted by Gasteiger charge is 2.48. The first-order chi connectivity index (χ1) is 10.2. The summed E-state index contributed by atoms with van der Waals surface area (Å²) in [5.74, 6) is 0. The van der Waals surface area contributed by atoms with Gasteiger partial charge in [-0.05, 0) is 24.8 Å². The number of nitrogens with zero attached hydrogens (tertiary/aromatic N) is 1. The Hall–Kier alpha value is -1.59. The number of benzene rings is 1. The van der Waals surface area contributed by atoms with Crippen molar-refractivity contribution in [2.45, 2.75) is 37.5 Å². The van der Waals surface area contributed by atoms with Crippen molar-refractivity contribution in [3.63, 3.8) is 0 Å². The number of aliphatic hydroxyl groups excluding tert-OH is 1. The maximum absolute atomic E-state index is 12.4. The van der Waals surface area contributed by atoms with Crippen LogP contribution in [0.5, 0.6) is 0 Å². The molecule has 2 heterocycles. The maximum atomic E-state index is 12.4. The predicted octanol–water partition coefficient (Wildman–Crippen LogP) is 1.94. The molecule has 2 fully saturated rings. The van der Waals surface area contributed by atoms with Crippen LogP contribution in [0.2, 0.25) is 0 Å². The molecule has 5 heteroatoms. The highest BCUT2D eigenvalue weighted by atomic mass is 16.6. The molecule has 114 valence electrons. The molecule has 1 unspecified atom stereocenters. The molecule has 1 atom stereocenters.